The van der Waals surface area contributed by atoms with Crippen LogP contribution in [0.5, 0.6) is 5.75 Å². The van der Waals surface area contributed by atoms with Crippen molar-refractivity contribution >= 4 is 28.9 Å². The number of Topliss-reactive ketones (excluding diaryl/α,β-unsaturated/α-hetero) is 2. The van der Waals surface area contributed by atoms with Gasteiger partial charge in [0.2, 0.25) is 5.78 Å². The van der Waals surface area contributed by atoms with Gasteiger partial charge in [-0.1, -0.05) is 0 Å². The highest BCUT2D eigenvalue weighted by atomic mass is 32.1. The van der Waals surface area contributed by atoms with E-state index in [0.29, 0.717) is 4.88 Å². The van der Waals surface area contributed by atoms with Gasteiger partial charge in [0.15, 0.2) is 5.78 Å². The summed E-state index contributed by atoms with van der Waals surface area (Å²) in [5, 5.41) is 0. The molecule has 0 amide bonds. The fraction of sp³-hybridized carbons (Fsp3) is 0.188. The molecule has 0 radical (unpaired) electrons. The summed E-state index contributed by atoms with van der Waals surface area (Å²) in [6, 6.07) is 10.9. The zero-order valence-corrected chi connectivity index (χ0v) is 12.9. The normalized spacial score (nSPS) is 10.1. The lowest BCUT2D eigenvalue weighted by atomic mass is 10.1. The van der Waals surface area contributed by atoms with Crippen LogP contribution in [0.15, 0.2) is 36.4 Å². The Hall–Kier alpha value is -2.47. The van der Waals surface area contributed by atoms with Crippen LogP contribution in [0.1, 0.15) is 16.1 Å². The zero-order chi connectivity index (χ0) is 16.1. The quantitative estimate of drug-likeness (QED) is 0.354. The van der Waals surface area contributed by atoms with E-state index in [4.69, 9.17) is 4.74 Å². The smallest absolute Gasteiger partial charge is 0.374 e. The van der Waals surface area contributed by atoms with E-state index in [0.717, 1.165) is 23.3 Å². The van der Waals surface area contributed by atoms with Crippen LogP contribution in [0.3, 0.4) is 0 Å². The summed E-state index contributed by atoms with van der Waals surface area (Å²) >= 11 is 1.27. The van der Waals surface area contributed by atoms with E-state index >= 15 is 0 Å². The molecule has 0 N–H and O–H groups in total. The standard InChI is InChI=1S/C16H14O5S/c1-20-11-5-3-10(4-6-11)14-7-8-15(22-14)12(17)9-13(18)16(19)21-2/h3-8H,9H2,1-2H3. The minimum Gasteiger partial charge on any atom is -0.497 e. The van der Waals surface area contributed by atoms with E-state index in [2.05, 4.69) is 4.74 Å². The molecule has 0 spiro atoms. The lowest BCUT2D eigenvalue weighted by Gasteiger charge is -2.01. The number of thiophene rings is 1. The van der Waals surface area contributed by atoms with Crippen LogP contribution in [0.4, 0.5) is 0 Å². The molecule has 1 aromatic heterocycles. The molecule has 5 nitrogen and oxygen atoms in total. The minimum absolute atomic E-state index is 0.389. The Morgan fingerprint density at radius 3 is 2.27 bits per heavy atom. The maximum absolute atomic E-state index is 12.0. The first-order chi connectivity index (χ1) is 10.5. The molecular formula is C16H14O5S. The zero-order valence-electron chi connectivity index (χ0n) is 12.1. The third-order valence-electron chi connectivity index (χ3n) is 2.99. The van der Waals surface area contributed by atoms with E-state index in [-0.39, 0.29) is 5.78 Å². The highest BCUT2D eigenvalue weighted by Gasteiger charge is 2.20. The second-order valence-electron chi connectivity index (χ2n) is 4.41. The summed E-state index contributed by atoms with van der Waals surface area (Å²) in [5.41, 5.74) is 0.948. The Kier molecular flexibility index (Phi) is 5.06. The lowest BCUT2D eigenvalue weighted by molar-refractivity contribution is -0.151. The van der Waals surface area contributed by atoms with Gasteiger partial charge in [-0.25, -0.2) is 4.79 Å². The number of ketones is 2. The van der Waals surface area contributed by atoms with E-state index in [9.17, 15) is 14.4 Å². The first-order valence-electron chi connectivity index (χ1n) is 6.43. The van der Waals surface area contributed by atoms with E-state index in [1.54, 1.807) is 13.2 Å². The second-order valence-corrected chi connectivity index (χ2v) is 5.49. The topological polar surface area (TPSA) is 69.7 Å². The predicted molar refractivity (Wildman–Crippen MR) is 82.3 cm³/mol. The van der Waals surface area contributed by atoms with Crippen molar-refractivity contribution in [3.05, 3.63) is 41.3 Å². The third kappa shape index (κ3) is 3.59. The number of hydrogen-bond acceptors (Lipinski definition) is 6. The van der Waals surface area contributed by atoms with E-state index in [1.165, 1.54) is 11.3 Å². The maximum Gasteiger partial charge on any atom is 0.374 e. The fourth-order valence-electron chi connectivity index (χ4n) is 1.82. The van der Waals surface area contributed by atoms with Crippen LogP contribution in [0.2, 0.25) is 0 Å². The molecule has 0 unspecified atom stereocenters. The average Bonchev–Trinajstić information content (AvgIpc) is 3.04. The van der Waals surface area contributed by atoms with Crippen LogP contribution in [0, 0.1) is 0 Å². The first-order valence-corrected chi connectivity index (χ1v) is 7.25. The van der Waals surface area contributed by atoms with Gasteiger partial charge in [-0.3, -0.25) is 9.59 Å². The van der Waals surface area contributed by atoms with Gasteiger partial charge in [0.25, 0.3) is 0 Å². The van der Waals surface area contributed by atoms with Gasteiger partial charge in [-0.2, -0.15) is 0 Å². The molecule has 2 rings (SSSR count). The molecule has 2 aromatic rings. The van der Waals surface area contributed by atoms with Gasteiger partial charge in [-0.05, 0) is 42.0 Å². The van der Waals surface area contributed by atoms with Gasteiger partial charge in [0.05, 0.1) is 25.5 Å². The number of carbonyl (C=O) groups is 3. The number of carbonyl (C=O) groups excluding carboxylic acids is 3. The van der Waals surface area contributed by atoms with Crippen molar-refractivity contribution in [3.63, 3.8) is 0 Å². The number of benzene rings is 1. The van der Waals surface area contributed by atoms with E-state index in [1.807, 2.05) is 30.3 Å². The monoisotopic (exact) mass is 318 g/mol. The van der Waals surface area contributed by atoms with Crippen molar-refractivity contribution in [1.82, 2.24) is 0 Å². The molecule has 0 bridgehead atoms. The Bertz CT molecular complexity index is 700. The van der Waals surface area contributed by atoms with Gasteiger partial charge in [0.1, 0.15) is 5.75 Å². The van der Waals surface area contributed by atoms with Crippen molar-refractivity contribution in [2.45, 2.75) is 6.42 Å². The Balaban J connectivity index is 2.11. The summed E-state index contributed by atoms with van der Waals surface area (Å²) in [7, 11) is 2.70. The number of rotatable bonds is 6. The lowest BCUT2D eigenvalue weighted by Crippen LogP contribution is -2.18. The number of methoxy groups -OCH3 is 2. The van der Waals surface area contributed by atoms with Gasteiger partial charge >= 0.3 is 5.97 Å². The Morgan fingerprint density at radius 2 is 1.68 bits per heavy atom. The molecule has 0 aliphatic carbocycles. The number of hydrogen-bond donors (Lipinski definition) is 0. The molecule has 1 aromatic carbocycles. The summed E-state index contributed by atoms with van der Waals surface area (Å²) in [5.74, 6) is -1.48. The average molecular weight is 318 g/mol. The van der Waals surface area contributed by atoms with Gasteiger partial charge < -0.3 is 9.47 Å². The van der Waals surface area contributed by atoms with Gasteiger partial charge in [0, 0.05) is 4.88 Å². The summed E-state index contributed by atoms with van der Waals surface area (Å²) in [6.07, 6.45) is -0.477. The summed E-state index contributed by atoms with van der Waals surface area (Å²) in [6.45, 7) is 0. The Labute approximate surface area is 131 Å². The third-order valence-corrected chi connectivity index (χ3v) is 4.16. The van der Waals surface area contributed by atoms with Crippen molar-refractivity contribution < 1.29 is 23.9 Å². The minimum atomic E-state index is -1.000. The molecule has 114 valence electrons. The van der Waals surface area contributed by atoms with E-state index < -0.39 is 18.2 Å². The predicted octanol–water partition coefficient (Wildman–Crippen LogP) is 2.74. The second kappa shape index (κ2) is 7.00. The Morgan fingerprint density at radius 1 is 1.00 bits per heavy atom. The summed E-state index contributed by atoms with van der Waals surface area (Å²) < 4.78 is 9.39. The SMILES string of the molecule is COC(=O)C(=O)CC(=O)c1ccc(-c2ccc(OC)cc2)s1. The van der Waals surface area contributed by atoms with Crippen LogP contribution in [-0.2, 0) is 14.3 Å². The van der Waals surface area contributed by atoms with Gasteiger partial charge in [-0.15, -0.1) is 11.3 Å². The molecule has 0 atom stereocenters. The summed E-state index contributed by atoms with van der Waals surface area (Å²) in [4.78, 5) is 35.7. The highest BCUT2D eigenvalue weighted by Crippen LogP contribution is 2.30. The van der Waals surface area contributed by atoms with Crippen molar-refractivity contribution in [1.29, 1.82) is 0 Å². The van der Waals surface area contributed by atoms with Crippen molar-refractivity contribution in [2.24, 2.45) is 0 Å². The molecule has 0 fully saturated rings. The fourth-order valence-corrected chi connectivity index (χ4v) is 2.77. The van der Waals surface area contributed by atoms with Crippen LogP contribution >= 0.6 is 11.3 Å². The molecular weight excluding hydrogens is 304 g/mol. The molecule has 1 heterocycles. The molecule has 0 aliphatic heterocycles. The van der Waals surface area contributed by atoms with Crippen LogP contribution in [-0.4, -0.2) is 31.8 Å². The molecule has 0 saturated heterocycles. The maximum atomic E-state index is 12.0. The molecule has 22 heavy (non-hydrogen) atoms. The van der Waals surface area contributed by atoms with Crippen LogP contribution < -0.4 is 4.74 Å². The highest BCUT2D eigenvalue weighted by molar-refractivity contribution is 7.17. The van der Waals surface area contributed by atoms with Crippen LogP contribution in [0.25, 0.3) is 10.4 Å². The molecule has 0 saturated carbocycles. The van der Waals surface area contributed by atoms with Crippen molar-refractivity contribution in [3.8, 4) is 16.2 Å². The number of ether oxygens (including phenoxy) is 2. The van der Waals surface area contributed by atoms with Crippen molar-refractivity contribution in [2.75, 3.05) is 14.2 Å². The largest absolute Gasteiger partial charge is 0.497 e. The number of esters is 1. The molecule has 0 aliphatic rings. The molecule has 6 heteroatoms. The first kappa shape index (κ1) is 15.9.